The number of halogens is 8. The van der Waals surface area contributed by atoms with E-state index in [1.54, 1.807) is 0 Å². The van der Waals surface area contributed by atoms with Crippen molar-refractivity contribution in [3.8, 4) is 11.1 Å². The van der Waals surface area contributed by atoms with E-state index < -0.39 is 23.5 Å². The second-order valence-electron chi connectivity index (χ2n) is 17.2. The Morgan fingerprint density at radius 2 is 1.16 bits per heavy atom. The Morgan fingerprint density at radius 3 is 1.60 bits per heavy atom. The van der Waals surface area contributed by atoms with E-state index in [9.17, 15) is 26.3 Å². The molecule has 0 bridgehead atoms. The fourth-order valence-electron chi connectivity index (χ4n) is 8.02. The van der Waals surface area contributed by atoms with Crippen molar-refractivity contribution < 1.29 is 75.4 Å². The maximum atomic E-state index is 12.7. The van der Waals surface area contributed by atoms with Gasteiger partial charge in [0, 0.05) is 5.41 Å². The molecule has 0 atom stereocenters. The van der Waals surface area contributed by atoms with Gasteiger partial charge in [0.25, 0.3) is 0 Å². The van der Waals surface area contributed by atoms with Crippen molar-refractivity contribution in [1.82, 2.24) is 0 Å². The smallest absolute Gasteiger partial charge is 1.00 e. The summed E-state index contributed by atoms with van der Waals surface area (Å²) < 4.78 is 76.7. The van der Waals surface area contributed by atoms with E-state index in [4.69, 9.17) is 0 Å². The maximum absolute atomic E-state index is 12.7. The van der Waals surface area contributed by atoms with E-state index in [2.05, 4.69) is 123 Å². The summed E-state index contributed by atoms with van der Waals surface area (Å²) in [6.07, 6.45) is -1.84. The minimum absolute atomic E-state index is 0. The Hall–Kier alpha value is -3.38. The molecule has 0 radical (unpaired) electrons. The number of fused-ring (bicyclic) bond motifs is 5. The van der Waals surface area contributed by atoms with Crippen LogP contribution in [0.2, 0.25) is 0 Å². The molecule has 0 amide bonds. The van der Waals surface area contributed by atoms with E-state index >= 15 is 0 Å². The second-order valence-corrected chi connectivity index (χ2v) is 18.4. The molecule has 5 aromatic carbocycles. The van der Waals surface area contributed by atoms with Crippen LogP contribution in [0.15, 0.2) is 103 Å². The molecule has 0 aliphatic heterocycles. The SMILES string of the molecule is CC(C)(C)c1cc[cH-]c1.CC1=[C-]C(C)(C)c2cc3c(cc21)-c1cc2c(cc1C3)C(C)(C)C=C2C.FC(F)(F)c1cccc([C](=[Zr+2])c2cccc(C(F)(F)F)c2)c1.[Cl-].[Cl-]. The third-order valence-corrected chi connectivity index (χ3v) is 12.3. The first-order valence-corrected chi connectivity index (χ1v) is 19.9. The molecule has 0 nitrogen and oxygen atoms in total. The van der Waals surface area contributed by atoms with Crippen LogP contribution in [-0.4, -0.2) is 3.21 Å². The summed E-state index contributed by atoms with van der Waals surface area (Å²) in [4.78, 5) is 0. The van der Waals surface area contributed by atoms with Crippen LogP contribution >= 0.6 is 0 Å². The van der Waals surface area contributed by atoms with E-state index in [0.717, 1.165) is 54.9 Å². The standard InChI is InChI=1S/C25H25.C15H8F6.C9H13.2ClH.Zr/c1-14-12-24(3,4)22-8-16-7-17-9-23-19(15(2)13-25(23,5)6)11-21(17)20(16)10-18(14)22;16-14(17,18)12-5-1-3-10(8-12)7-11-4-2-6-13(9-11)15(19,20)21;1-9(2,3)8-6-4-5-7-8;;;/h8-12H,7H2,1-6H3;1-6,8-9H;4-7H,1-3H3;2*1H;/q-1;;-1;;;+2/p-2. The number of hydrogen-bond donors (Lipinski definition) is 0. The van der Waals surface area contributed by atoms with Crippen LogP contribution in [-0.2, 0) is 59.3 Å². The predicted octanol–water partition coefficient (Wildman–Crippen LogP) is 8.00. The van der Waals surface area contributed by atoms with Crippen LogP contribution < -0.4 is 24.8 Å². The van der Waals surface area contributed by atoms with Gasteiger partial charge in [-0.15, -0.1) is 11.6 Å². The van der Waals surface area contributed by atoms with Crippen LogP contribution in [0.4, 0.5) is 26.3 Å². The normalized spacial score (nSPS) is 15.4. The number of rotatable bonds is 2. The van der Waals surface area contributed by atoms with Crippen LogP contribution in [0, 0.1) is 6.08 Å². The van der Waals surface area contributed by atoms with Crippen LogP contribution in [0.25, 0.3) is 22.3 Å². The number of alkyl halides is 6. The molecule has 0 N–H and O–H groups in total. The van der Waals surface area contributed by atoms with Gasteiger partial charge >= 0.3 is 137 Å². The Bertz CT molecular complexity index is 2240. The van der Waals surface area contributed by atoms with Gasteiger partial charge in [-0.05, 0) is 58.4 Å². The first kappa shape index (κ1) is 47.3. The molecule has 58 heavy (non-hydrogen) atoms. The molecule has 0 unspecified atom stereocenters. The summed E-state index contributed by atoms with van der Waals surface area (Å²) in [6.45, 7) is 20.4. The molecule has 0 saturated carbocycles. The van der Waals surface area contributed by atoms with Crippen molar-refractivity contribution >= 4 is 14.4 Å². The molecule has 304 valence electrons. The van der Waals surface area contributed by atoms with Crippen LogP contribution in [0.3, 0.4) is 0 Å². The number of allylic oxidation sites excluding steroid dienone is 4. The van der Waals surface area contributed by atoms with E-state index in [1.165, 1.54) is 85.5 Å². The van der Waals surface area contributed by atoms with Gasteiger partial charge in [-0.3, -0.25) is 6.08 Å². The monoisotopic (exact) mass is 908 g/mol. The Kier molecular flexibility index (Phi) is 13.8. The van der Waals surface area contributed by atoms with Gasteiger partial charge in [-0.1, -0.05) is 84.4 Å². The fourth-order valence-corrected chi connectivity index (χ4v) is 8.78. The molecule has 0 spiro atoms. The quantitative estimate of drug-likeness (QED) is 0.122. The van der Waals surface area contributed by atoms with Crippen LogP contribution in [0.5, 0.6) is 0 Å². The third-order valence-electron chi connectivity index (χ3n) is 10.9. The molecular formula is C49H46Cl2F6Zr-2. The molecule has 8 rings (SSSR count). The molecule has 5 aromatic rings. The largest absolute Gasteiger partial charge is 1.00 e. The molecule has 3 aliphatic carbocycles. The zero-order valence-corrected chi connectivity index (χ0v) is 38.0. The van der Waals surface area contributed by atoms with E-state index in [-0.39, 0.29) is 46.8 Å². The average molecular weight is 911 g/mol. The Balaban J connectivity index is 0.000000208. The topological polar surface area (TPSA) is 0 Å². The van der Waals surface area contributed by atoms with Gasteiger partial charge in [-0.2, -0.15) is 29.3 Å². The summed E-state index contributed by atoms with van der Waals surface area (Å²) in [5.41, 5.74) is 15.2. The third kappa shape index (κ3) is 9.80. The zero-order chi connectivity index (χ0) is 41.2. The average Bonchev–Trinajstić information content (AvgIpc) is 3.87. The van der Waals surface area contributed by atoms with Crippen molar-refractivity contribution in [3.63, 3.8) is 0 Å². The van der Waals surface area contributed by atoms with Crippen molar-refractivity contribution in [2.75, 3.05) is 0 Å². The zero-order valence-electron chi connectivity index (χ0n) is 34.0. The Morgan fingerprint density at radius 1 is 0.655 bits per heavy atom. The first-order chi connectivity index (χ1) is 25.9. The minimum atomic E-state index is -4.49. The molecule has 0 fully saturated rings. The summed E-state index contributed by atoms with van der Waals surface area (Å²) in [6, 6.07) is 27.5. The molecule has 0 heterocycles. The Labute approximate surface area is 366 Å². The van der Waals surface area contributed by atoms with Gasteiger partial charge in [0.15, 0.2) is 0 Å². The van der Waals surface area contributed by atoms with Gasteiger partial charge in [0.1, 0.15) is 0 Å². The van der Waals surface area contributed by atoms with Gasteiger partial charge in [0.2, 0.25) is 0 Å². The maximum Gasteiger partial charge on any atom is -1.00 e. The second kappa shape index (κ2) is 16.9. The summed E-state index contributed by atoms with van der Waals surface area (Å²) in [7, 11) is 0. The molecule has 3 aliphatic rings. The molecule has 0 saturated heterocycles. The van der Waals surface area contributed by atoms with E-state index in [1.807, 2.05) is 0 Å². The predicted molar refractivity (Wildman–Crippen MR) is 214 cm³/mol. The molecule has 9 heteroatoms. The molecule has 0 aromatic heterocycles. The number of hydrogen-bond acceptors (Lipinski definition) is 0. The van der Waals surface area contributed by atoms with Crippen LogP contribution in [0.1, 0.15) is 124 Å². The van der Waals surface area contributed by atoms with Gasteiger partial charge < -0.3 is 24.8 Å². The summed E-state index contributed by atoms with van der Waals surface area (Å²) in [5.74, 6) is 0. The first-order valence-electron chi connectivity index (χ1n) is 18.7. The van der Waals surface area contributed by atoms with Gasteiger partial charge in [0.05, 0.1) is 0 Å². The fraction of sp³-hybridized carbons (Fsp3) is 0.306. The van der Waals surface area contributed by atoms with Gasteiger partial charge in [-0.25, -0.2) is 11.6 Å². The molecular weight excluding hydrogens is 865 g/mol. The van der Waals surface area contributed by atoms with Crippen molar-refractivity contribution in [1.29, 1.82) is 0 Å². The van der Waals surface area contributed by atoms with Crippen molar-refractivity contribution in [2.45, 2.75) is 97.3 Å². The van der Waals surface area contributed by atoms with E-state index in [0.29, 0.717) is 8.62 Å². The minimum Gasteiger partial charge on any atom is -1.00 e. The number of benzene rings is 4. The summed E-state index contributed by atoms with van der Waals surface area (Å²) in [5, 5.41) is 0. The van der Waals surface area contributed by atoms with Crippen molar-refractivity contribution in [2.24, 2.45) is 0 Å². The summed E-state index contributed by atoms with van der Waals surface area (Å²) >= 11 is 0.729. The van der Waals surface area contributed by atoms with Crippen molar-refractivity contribution in [3.05, 3.63) is 170 Å².